The van der Waals surface area contributed by atoms with Gasteiger partial charge in [0.25, 0.3) is 5.69 Å². The van der Waals surface area contributed by atoms with E-state index in [2.05, 4.69) is 5.10 Å². The van der Waals surface area contributed by atoms with Gasteiger partial charge in [0.15, 0.2) is 0 Å². The largest absolute Gasteiger partial charge is 0.497 e. The SMILES string of the molecule is COc1ccc2c(c1)CC[C@H]1C2=NN(C(C)=O)[C@H]1c1ccc([N+](=O)[O-])cc1. The molecule has 0 saturated carbocycles. The second-order valence-corrected chi connectivity index (χ2v) is 6.81. The van der Waals surface area contributed by atoms with Gasteiger partial charge in [0.05, 0.1) is 23.8 Å². The highest BCUT2D eigenvalue weighted by molar-refractivity contribution is 6.06. The van der Waals surface area contributed by atoms with Gasteiger partial charge in [0.1, 0.15) is 5.75 Å². The third-order valence-electron chi connectivity index (χ3n) is 5.29. The average Bonchev–Trinajstić information content (AvgIpc) is 3.07. The van der Waals surface area contributed by atoms with Crippen molar-refractivity contribution in [1.82, 2.24) is 5.01 Å². The number of amides is 1. The number of carbonyl (C=O) groups is 1. The number of hydrazone groups is 1. The zero-order valence-electron chi connectivity index (χ0n) is 15.1. The molecule has 1 aliphatic heterocycles. The van der Waals surface area contributed by atoms with Crippen LogP contribution in [0, 0.1) is 16.0 Å². The summed E-state index contributed by atoms with van der Waals surface area (Å²) < 4.78 is 5.31. The quantitative estimate of drug-likeness (QED) is 0.616. The summed E-state index contributed by atoms with van der Waals surface area (Å²) in [7, 11) is 1.64. The van der Waals surface area contributed by atoms with Crippen LogP contribution in [0.25, 0.3) is 0 Å². The zero-order valence-corrected chi connectivity index (χ0v) is 15.1. The third kappa shape index (κ3) is 2.85. The Morgan fingerprint density at radius 1 is 1.26 bits per heavy atom. The van der Waals surface area contributed by atoms with E-state index in [0.29, 0.717) is 0 Å². The molecule has 0 unspecified atom stereocenters. The first-order valence-corrected chi connectivity index (χ1v) is 8.79. The van der Waals surface area contributed by atoms with Crippen molar-refractivity contribution < 1.29 is 14.5 Å². The van der Waals surface area contributed by atoms with E-state index in [9.17, 15) is 14.9 Å². The number of hydrogen-bond donors (Lipinski definition) is 0. The van der Waals surface area contributed by atoms with Crippen LogP contribution in [0.3, 0.4) is 0 Å². The Morgan fingerprint density at radius 2 is 2.00 bits per heavy atom. The molecule has 0 saturated heterocycles. The number of ether oxygens (including phenoxy) is 1. The van der Waals surface area contributed by atoms with E-state index in [-0.39, 0.29) is 23.6 Å². The van der Waals surface area contributed by atoms with Crippen LogP contribution >= 0.6 is 0 Å². The van der Waals surface area contributed by atoms with Crippen molar-refractivity contribution >= 4 is 17.3 Å². The minimum absolute atomic E-state index is 0.0355. The van der Waals surface area contributed by atoms with Crippen molar-refractivity contribution in [2.24, 2.45) is 11.0 Å². The summed E-state index contributed by atoms with van der Waals surface area (Å²) in [4.78, 5) is 22.8. The molecule has 1 heterocycles. The summed E-state index contributed by atoms with van der Waals surface area (Å²) in [6, 6.07) is 12.1. The lowest BCUT2D eigenvalue weighted by Crippen LogP contribution is -2.31. The molecule has 0 radical (unpaired) electrons. The maximum absolute atomic E-state index is 12.3. The monoisotopic (exact) mass is 365 g/mol. The van der Waals surface area contributed by atoms with E-state index in [1.165, 1.54) is 24.1 Å². The molecule has 7 nitrogen and oxygen atoms in total. The van der Waals surface area contributed by atoms with Gasteiger partial charge in [-0.1, -0.05) is 12.1 Å². The Hall–Kier alpha value is -3.22. The summed E-state index contributed by atoms with van der Waals surface area (Å²) in [6.07, 6.45) is 1.72. The van der Waals surface area contributed by atoms with E-state index in [0.717, 1.165) is 41.0 Å². The lowest BCUT2D eigenvalue weighted by Gasteiger charge is -2.29. The normalized spacial score (nSPS) is 20.5. The van der Waals surface area contributed by atoms with Gasteiger partial charge in [0, 0.05) is 30.5 Å². The molecule has 0 bridgehead atoms. The molecule has 0 spiro atoms. The van der Waals surface area contributed by atoms with Crippen molar-refractivity contribution in [1.29, 1.82) is 0 Å². The molecule has 2 atom stereocenters. The number of carbonyl (C=O) groups excluding carboxylic acids is 1. The Labute approximate surface area is 156 Å². The van der Waals surface area contributed by atoms with Crippen LogP contribution in [0.1, 0.15) is 36.1 Å². The van der Waals surface area contributed by atoms with E-state index in [1.54, 1.807) is 19.2 Å². The molecule has 2 aliphatic rings. The van der Waals surface area contributed by atoms with Crippen LogP contribution in [0.15, 0.2) is 47.6 Å². The Morgan fingerprint density at radius 3 is 2.63 bits per heavy atom. The summed E-state index contributed by atoms with van der Waals surface area (Å²) in [6.45, 7) is 1.49. The molecule has 138 valence electrons. The molecule has 1 amide bonds. The van der Waals surface area contributed by atoms with E-state index < -0.39 is 4.92 Å². The van der Waals surface area contributed by atoms with Gasteiger partial charge in [0.2, 0.25) is 5.91 Å². The Balaban J connectivity index is 1.74. The molecule has 0 aromatic heterocycles. The topological polar surface area (TPSA) is 85.0 Å². The summed E-state index contributed by atoms with van der Waals surface area (Å²) >= 11 is 0. The Bertz CT molecular complexity index is 952. The molecular formula is C20H19N3O4. The van der Waals surface area contributed by atoms with Gasteiger partial charge in [-0.3, -0.25) is 14.9 Å². The molecular weight excluding hydrogens is 346 g/mol. The van der Waals surface area contributed by atoms with E-state index in [1.807, 2.05) is 18.2 Å². The standard InChI is InChI=1S/C20H19N3O4/c1-12(24)22-20(13-3-6-15(7-4-13)23(25)26)18-9-5-14-11-16(27-2)8-10-17(14)19(18)21-22/h3-4,6-8,10-11,18,20H,5,9H2,1-2H3/t18-,20-/m0/s1. The molecule has 2 aromatic carbocycles. The average molecular weight is 365 g/mol. The van der Waals surface area contributed by atoms with Crippen molar-refractivity contribution in [2.45, 2.75) is 25.8 Å². The maximum atomic E-state index is 12.3. The van der Waals surface area contributed by atoms with Crippen LogP contribution in [-0.2, 0) is 11.2 Å². The fourth-order valence-corrected chi connectivity index (χ4v) is 4.02. The predicted octanol–water partition coefficient (Wildman–Crippen LogP) is 3.47. The molecule has 0 N–H and O–H groups in total. The number of non-ortho nitro benzene ring substituents is 1. The molecule has 27 heavy (non-hydrogen) atoms. The van der Waals surface area contributed by atoms with Gasteiger partial charge in [-0.15, -0.1) is 0 Å². The predicted molar refractivity (Wildman–Crippen MR) is 99.7 cm³/mol. The summed E-state index contributed by atoms with van der Waals surface area (Å²) in [5, 5.41) is 17.1. The van der Waals surface area contributed by atoms with Gasteiger partial charge in [-0.2, -0.15) is 5.10 Å². The van der Waals surface area contributed by atoms with Crippen molar-refractivity contribution in [3.8, 4) is 5.75 Å². The highest BCUT2D eigenvalue weighted by Crippen LogP contribution is 2.44. The van der Waals surface area contributed by atoms with Gasteiger partial charge in [-0.05, 0) is 42.2 Å². The van der Waals surface area contributed by atoms with Gasteiger partial charge in [-0.25, -0.2) is 5.01 Å². The van der Waals surface area contributed by atoms with Crippen LogP contribution in [-0.4, -0.2) is 28.7 Å². The zero-order chi connectivity index (χ0) is 19.1. The molecule has 7 heteroatoms. The first-order valence-electron chi connectivity index (χ1n) is 8.79. The first-order chi connectivity index (χ1) is 13.0. The number of rotatable bonds is 3. The number of nitro groups is 1. The van der Waals surface area contributed by atoms with Gasteiger partial charge < -0.3 is 4.74 Å². The van der Waals surface area contributed by atoms with Crippen LogP contribution in [0.4, 0.5) is 5.69 Å². The fourth-order valence-electron chi connectivity index (χ4n) is 4.02. The number of nitro benzene ring substituents is 1. The number of fused-ring (bicyclic) bond motifs is 3. The lowest BCUT2D eigenvalue weighted by atomic mass is 9.77. The van der Waals surface area contributed by atoms with E-state index in [4.69, 9.17) is 4.74 Å². The number of methoxy groups -OCH3 is 1. The molecule has 1 aliphatic carbocycles. The summed E-state index contributed by atoms with van der Waals surface area (Å²) in [5.41, 5.74) is 4.00. The van der Waals surface area contributed by atoms with Crippen LogP contribution in [0.5, 0.6) is 5.75 Å². The number of benzene rings is 2. The molecule has 2 aromatic rings. The van der Waals surface area contributed by atoms with Gasteiger partial charge >= 0.3 is 0 Å². The van der Waals surface area contributed by atoms with Crippen molar-refractivity contribution in [3.05, 3.63) is 69.3 Å². The summed E-state index contributed by atoms with van der Waals surface area (Å²) in [5.74, 6) is 0.729. The second-order valence-electron chi connectivity index (χ2n) is 6.81. The lowest BCUT2D eigenvalue weighted by molar-refractivity contribution is -0.384. The smallest absolute Gasteiger partial charge is 0.269 e. The molecule has 0 fully saturated rings. The minimum Gasteiger partial charge on any atom is -0.497 e. The van der Waals surface area contributed by atoms with Crippen LogP contribution < -0.4 is 4.74 Å². The Kier molecular flexibility index (Phi) is 4.14. The van der Waals surface area contributed by atoms with Crippen molar-refractivity contribution in [2.75, 3.05) is 7.11 Å². The number of hydrogen-bond acceptors (Lipinski definition) is 5. The second kappa shape index (κ2) is 6.50. The fraction of sp³-hybridized carbons (Fsp3) is 0.300. The number of aryl methyl sites for hydroxylation is 1. The highest BCUT2D eigenvalue weighted by Gasteiger charge is 2.43. The minimum atomic E-state index is -0.423. The maximum Gasteiger partial charge on any atom is 0.269 e. The molecule has 4 rings (SSSR count). The van der Waals surface area contributed by atoms with Crippen molar-refractivity contribution in [3.63, 3.8) is 0 Å². The first kappa shape index (κ1) is 17.2. The number of nitrogens with zero attached hydrogens (tertiary/aromatic N) is 3. The van der Waals surface area contributed by atoms with E-state index >= 15 is 0 Å². The third-order valence-corrected chi connectivity index (χ3v) is 5.29. The van der Waals surface area contributed by atoms with Crippen LogP contribution in [0.2, 0.25) is 0 Å². The highest BCUT2D eigenvalue weighted by atomic mass is 16.6.